The lowest BCUT2D eigenvalue weighted by atomic mass is 9.87. The van der Waals surface area contributed by atoms with Crippen LogP contribution >= 0.6 is 0 Å². The Labute approximate surface area is 37.7 Å². The van der Waals surface area contributed by atoms with Crippen molar-refractivity contribution in [3.05, 3.63) is 0 Å². The second kappa shape index (κ2) is 0.544. The summed E-state index contributed by atoms with van der Waals surface area (Å²) in [5.41, 5.74) is 0.639. The van der Waals surface area contributed by atoms with Crippen LogP contribution in [0.25, 0.3) is 0 Å². The van der Waals surface area contributed by atoms with E-state index in [0.717, 1.165) is 6.04 Å². The van der Waals surface area contributed by atoms with Crippen LogP contribution in [0, 0.1) is 0 Å². The highest BCUT2D eigenvalue weighted by Gasteiger charge is 2.56. The zero-order chi connectivity index (χ0) is 4.20. The minimum absolute atomic E-state index is 0.639. The molecule has 2 aliphatic rings. The molecule has 1 heterocycles. The normalized spacial score (nSPS) is 62.5. The summed E-state index contributed by atoms with van der Waals surface area (Å²) in [7, 11) is 0. The first kappa shape index (κ1) is 3.03. The van der Waals surface area contributed by atoms with Crippen LogP contribution in [-0.4, -0.2) is 11.6 Å². The van der Waals surface area contributed by atoms with Crippen LogP contribution in [0.2, 0.25) is 0 Å². The maximum absolute atomic E-state index is 3.38. The van der Waals surface area contributed by atoms with Crippen molar-refractivity contribution in [2.75, 3.05) is 0 Å². The minimum Gasteiger partial charge on any atom is -0.305 e. The van der Waals surface area contributed by atoms with Gasteiger partial charge >= 0.3 is 0 Å². The Morgan fingerprint density at radius 2 is 2.50 bits per heavy atom. The number of hydrogen-bond acceptors (Lipinski definition) is 1. The Morgan fingerprint density at radius 3 is 2.50 bits per heavy atom. The Hall–Kier alpha value is -0.0400. The van der Waals surface area contributed by atoms with Crippen LogP contribution in [0.1, 0.15) is 19.8 Å². The van der Waals surface area contributed by atoms with Gasteiger partial charge in [0.05, 0.1) is 0 Å². The second-order valence-corrected chi connectivity index (χ2v) is 2.65. The molecule has 1 aliphatic carbocycles. The lowest BCUT2D eigenvalue weighted by molar-refractivity contribution is 0.474. The van der Waals surface area contributed by atoms with Crippen LogP contribution in [0.5, 0.6) is 0 Å². The van der Waals surface area contributed by atoms with Crippen LogP contribution in [0.4, 0.5) is 0 Å². The number of rotatable bonds is 0. The zero-order valence-corrected chi connectivity index (χ0v) is 3.99. The maximum Gasteiger partial charge on any atom is 0.0310 e. The average molecular weight is 83.1 g/mol. The summed E-state index contributed by atoms with van der Waals surface area (Å²) in [4.78, 5) is 0. The average Bonchev–Trinajstić information content (AvgIpc) is 1.88. The summed E-state index contributed by atoms with van der Waals surface area (Å²) in [6.07, 6.45) is 2.84. The molecule has 2 unspecified atom stereocenters. The fourth-order valence-electron chi connectivity index (χ4n) is 1.22. The second-order valence-electron chi connectivity index (χ2n) is 2.65. The summed E-state index contributed by atoms with van der Waals surface area (Å²) < 4.78 is 0. The molecule has 0 aromatic carbocycles. The van der Waals surface area contributed by atoms with Gasteiger partial charge in [-0.2, -0.15) is 0 Å². The number of fused-ring (bicyclic) bond motifs is 1. The molecule has 0 spiro atoms. The van der Waals surface area contributed by atoms with Crippen molar-refractivity contribution < 1.29 is 0 Å². The predicted octanol–water partition coefficient (Wildman–Crippen LogP) is 0.511. The molecule has 0 bridgehead atoms. The Balaban J connectivity index is 2.22. The highest BCUT2D eigenvalue weighted by molar-refractivity contribution is 5.19. The first-order chi connectivity index (χ1) is 2.81. The van der Waals surface area contributed by atoms with E-state index in [1.807, 2.05) is 0 Å². The molecule has 1 N–H and O–H groups in total. The molecule has 0 aromatic heterocycles. The zero-order valence-electron chi connectivity index (χ0n) is 3.99. The Morgan fingerprint density at radius 1 is 1.83 bits per heavy atom. The maximum atomic E-state index is 3.38. The molecule has 2 atom stereocenters. The predicted molar refractivity (Wildman–Crippen MR) is 24.6 cm³/mol. The van der Waals surface area contributed by atoms with E-state index < -0.39 is 0 Å². The third kappa shape index (κ3) is 0.155. The largest absolute Gasteiger partial charge is 0.305 e. The molecule has 0 amide bonds. The third-order valence-corrected chi connectivity index (χ3v) is 2.14. The highest BCUT2D eigenvalue weighted by atomic mass is 15.2. The molecule has 0 radical (unpaired) electrons. The molecular formula is C5H9N. The first-order valence-corrected chi connectivity index (χ1v) is 2.59. The van der Waals surface area contributed by atoms with Crippen molar-refractivity contribution in [1.82, 2.24) is 5.32 Å². The Kier molecular flexibility index (Phi) is 0.274. The van der Waals surface area contributed by atoms with Gasteiger partial charge in [0.15, 0.2) is 0 Å². The van der Waals surface area contributed by atoms with Crippen LogP contribution < -0.4 is 5.32 Å². The molecule has 2 rings (SSSR count). The van der Waals surface area contributed by atoms with Crippen molar-refractivity contribution in [3.8, 4) is 0 Å². The summed E-state index contributed by atoms with van der Waals surface area (Å²) in [6.45, 7) is 2.29. The standard InChI is InChI=1S/C5H9N/c1-5-3-2-4(5)6-5/h4,6H,2-3H2,1H3. The SMILES string of the molecule is CC12CCC1N2. The van der Waals surface area contributed by atoms with E-state index in [9.17, 15) is 0 Å². The molecule has 1 aliphatic heterocycles. The molecule has 6 heavy (non-hydrogen) atoms. The molecule has 0 aromatic rings. The molecule has 1 nitrogen and oxygen atoms in total. The van der Waals surface area contributed by atoms with Gasteiger partial charge in [0.25, 0.3) is 0 Å². The van der Waals surface area contributed by atoms with Crippen LogP contribution in [-0.2, 0) is 0 Å². The van der Waals surface area contributed by atoms with E-state index in [1.54, 1.807) is 0 Å². The smallest absolute Gasteiger partial charge is 0.0310 e. The van der Waals surface area contributed by atoms with Gasteiger partial charge in [-0.15, -0.1) is 0 Å². The van der Waals surface area contributed by atoms with Gasteiger partial charge < -0.3 is 5.32 Å². The van der Waals surface area contributed by atoms with Crippen LogP contribution in [0.3, 0.4) is 0 Å². The van der Waals surface area contributed by atoms with Gasteiger partial charge in [0.1, 0.15) is 0 Å². The van der Waals surface area contributed by atoms with E-state index >= 15 is 0 Å². The number of hydrogen-bond donors (Lipinski definition) is 1. The van der Waals surface area contributed by atoms with Gasteiger partial charge in [0, 0.05) is 11.6 Å². The van der Waals surface area contributed by atoms with Gasteiger partial charge in [-0.1, -0.05) is 0 Å². The van der Waals surface area contributed by atoms with Gasteiger partial charge in [-0.3, -0.25) is 0 Å². The first-order valence-electron chi connectivity index (χ1n) is 2.59. The lowest BCUT2D eigenvalue weighted by Crippen LogP contribution is -2.20. The molecule has 2 fully saturated rings. The van der Waals surface area contributed by atoms with E-state index in [0.29, 0.717) is 5.54 Å². The summed E-state index contributed by atoms with van der Waals surface area (Å²) in [5.74, 6) is 0. The molecule has 34 valence electrons. The number of nitrogens with one attached hydrogen (secondary N) is 1. The molecule has 1 heteroatoms. The van der Waals surface area contributed by atoms with Crippen molar-refractivity contribution in [2.24, 2.45) is 0 Å². The fourth-order valence-corrected chi connectivity index (χ4v) is 1.22. The fraction of sp³-hybridized carbons (Fsp3) is 1.00. The lowest BCUT2D eigenvalue weighted by Gasteiger charge is -2.14. The van der Waals surface area contributed by atoms with Gasteiger partial charge in [0.2, 0.25) is 0 Å². The monoisotopic (exact) mass is 83.1 g/mol. The van der Waals surface area contributed by atoms with Crippen molar-refractivity contribution in [1.29, 1.82) is 0 Å². The summed E-state index contributed by atoms with van der Waals surface area (Å²) in [6, 6.07) is 0.928. The topological polar surface area (TPSA) is 21.9 Å². The van der Waals surface area contributed by atoms with E-state index in [-0.39, 0.29) is 0 Å². The Bertz CT molecular complexity index is 85.9. The molecule has 1 saturated carbocycles. The third-order valence-electron chi connectivity index (χ3n) is 2.14. The van der Waals surface area contributed by atoms with Crippen molar-refractivity contribution in [2.45, 2.75) is 31.3 Å². The summed E-state index contributed by atoms with van der Waals surface area (Å²) >= 11 is 0. The summed E-state index contributed by atoms with van der Waals surface area (Å²) in [5, 5.41) is 3.38. The van der Waals surface area contributed by atoms with Gasteiger partial charge in [-0.25, -0.2) is 0 Å². The minimum atomic E-state index is 0.639. The quantitative estimate of drug-likeness (QED) is 0.423. The molecular weight excluding hydrogens is 74.1 g/mol. The van der Waals surface area contributed by atoms with E-state index in [2.05, 4.69) is 12.2 Å². The van der Waals surface area contributed by atoms with Crippen molar-refractivity contribution in [3.63, 3.8) is 0 Å². The van der Waals surface area contributed by atoms with Crippen molar-refractivity contribution >= 4 is 0 Å². The van der Waals surface area contributed by atoms with Crippen LogP contribution in [0.15, 0.2) is 0 Å². The highest BCUT2D eigenvalue weighted by Crippen LogP contribution is 2.44. The van der Waals surface area contributed by atoms with Gasteiger partial charge in [-0.05, 0) is 19.8 Å². The van der Waals surface area contributed by atoms with E-state index in [4.69, 9.17) is 0 Å². The van der Waals surface area contributed by atoms with E-state index in [1.165, 1.54) is 12.8 Å². The molecule has 1 saturated heterocycles.